The van der Waals surface area contributed by atoms with Gasteiger partial charge in [-0.3, -0.25) is 0 Å². The van der Waals surface area contributed by atoms with Gasteiger partial charge >= 0.3 is 0 Å². The summed E-state index contributed by atoms with van der Waals surface area (Å²) in [5.41, 5.74) is 5.05. The Morgan fingerprint density at radius 1 is 1.07 bits per heavy atom. The topological polar surface area (TPSA) is 39.7 Å². The van der Waals surface area contributed by atoms with E-state index in [4.69, 9.17) is 14.3 Å². The SMILES string of the molecule is CONCc1cc(OC)c(OC)cc1C. The van der Waals surface area contributed by atoms with Gasteiger partial charge in [0, 0.05) is 6.54 Å². The molecule has 1 rings (SSSR count). The molecule has 1 aromatic carbocycles. The average Bonchev–Trinajstić information content (AvgIpc) is 2.27. The van der Waals surface area contributed by atoms with Crippen LogP contribution in [0.1, 0.15) is 11.1 Å². The summed E-state index contributed by atoms with van der Waals surface area (Å²) in [6, 6.07) is 3.89. The van der Waals surface area contributed by atoms with E-state index in [1.165, 1.54) is 0 Å². The molecular weight excluding hydrogens is 194 g/mol. The third kappa shape index (κ3) is 2.84. The van der Waals surface area contributed by atoms with Gasteiger partial charge in [-0.1, -0.05) is 0 Å². The van der Waals surface area contributed by atoms with Crippen molar-refractivity contribution in [3.63, 3.8) is 0 Å². The van der Waals surface area contributed by atoms with Crippen LogP contribution in [-0.4, -0.2) is 21.3 Å². The predicted octanol–water partition coefficient (Wildman–Crippen LogP) is 1.66. The van der Waals surface area contributed by atoms with E-state index in [0.29, 0.717) is 6.54 Å². The minimum atomic E-state index is 0.642. The molecule has 0 aliphatic rings. The third-order valence-corrected chi connectivity index (χ3v) is 2.25. The normalized spacial score (nSPS) is 10.1. The number of hydrogen-bond acceptors (Lipinski definition) is 4. The van der Waals surface area contributed by atoms with Crippen molar-refractivity contribution in [3.8, 4) is 11.5 Å². The molecule has 0 atom stereocenters. The largest absolute Gasteiger partial charge is 0.493 e. The van der Waals surface area contributed by atoms with E-state index in [9.17, 15) is 0 Å². The van der Waals surface area contributed by atoms with Gasteiger partial charge in [0.15, 0.2) is 11.5 Å². The Morgan fingerprint density at radius 2 is 1.67 bits per heavy atom. The summed E-state index contributed by atoms with van der Waals surface area (Å²) < 4.78 is 10.4. The predicted molar refractivity (Wildman–Crippen MR) is 58.1 cm³/mol. The number of benzene rings is 1. The quantitative estimate of drug-likeness (QED) is 0.752. The number of rotatable bonds is 5. The van der Waals surface area contributed by atoms with Gasteiger partial charge < -0.3 is 14.3 Å². The van der Waals surface area contributed by atoms with E-state index in [2.05, 4.69) is 5.48 Å². The van der Waals surface area contributed by atoms with E-state index in [-0.39, 0.29) is 0 Å². The van der Waals surface area contributed by atoms with Crippen molar-refractivity contribution in [1.29, 1.82) is 0 Å². The molecule has 0 saturated carbocycles. The first-order valence-corrected chi connectivity index (χ1v) is 4.70. The number of hydrogen-bond donors (Lipinski definition) is 1. The second kappa shape index (κ2) is 5.58. The highest BCUT2D eigenvalue weighted by atomic mass is 16.6. The summed E-state index contributed by atoms with van der Waals surface area (Å²) in [5, 5.41) is 0. The maximum absolute atomic E-state index is 5.22. The molecule has 0 aliphatic heterocycles. The van der Waals surface area contributed by atoms with Gasteiger partial charge in [-0.05, 0) is 30.2 Å². The molecule has 0 radical (unpaired) electrons. The summed E-state index contributed by atoms with van der Waals surface area (Å²) >= 11 is 0. The van der Waals surface area contributed by atoms with E-state index in [1.807, 2.05) is 19.1 Å². The molecule has 0 aromatic heterocycles. The second-order valence-corrected chi connectivity index (χ2v) is 3.16. The lowest BCUT2D eigenvalue weighted by Gasteiger charge is -2.12. The Kier molecular flexibility index (Phi) is 4.39. The minimum Gasteiger partial charge on any atom is -0.493 e. The molecule has 0 aliphatic carbocycles. The maximum atomic E-state index is 5.22. The summed E-state index contributed by atoms with van der Waals surface area (Å²) in [7, 11) is 4.85. The number of ether oxygens (including phenoxy) is 2. The Bertz CT molecular complexity index is 326. The monoisotopic (exact) mass is 211 g/mol. The molecule has 0 unspecified atom stereocenters. The molecule has 15 heavy (non-hydrogen) atoms. The molecule has 0 spiro atoms. The first-order valence-electron chi connectivity index (χ1n) is 4.70. The summed E-state index contributed by atoms with van der Waals surface area (Å²) in [6.07, 6.45) is 0. The first kappa shape index (κ1) is 11.8. The molecule has 1 aromatic rings. The van der Waals surface area contributed by atoms with Gasteiger partial charge in [0.1, 0.15) is 0 Å². The molecule has 0 saturated heterocycles. The fourth-order valence-corrected chi connectivity index (χ4v) is 1.36. The van der Waals surface area contributed by atoms with Crippen molar-refractivity contribution in [2.24, 2.45) is 0 Å². The highest BCUT2D eigenvalue weighted by Gasteiger charge is 2.07. The van der Waals surface area contributed by atoms with E-state index < -0.39 is 0 Å². The van der Waals surface area contributed by atoms with Crippen molar-refractivity contribution in [1.82, 2.24) is 5.48 Å². The average molecular weight is 211 g/mol. The van der Waals surface area contributed by atoms with Crippen LogP contribution >= 0.6 is 0 Å². The van der Waals surface area contributed by atoms with Crippen LogP contribution in [0, 0.1) is 6.92 Å². The molecule has 0 heterocycles. The van der Waals surface area contributed by atoms with Crippen LogP contribution in [0.15, 0.2) is 12.1 Å². The fourth-order valence-electron chi connectivity index (χ4n) is 1.36. The smallest absolute Gasteiger partial charge is 0.161 e. The number of hydroxylamine groups is 1. The molecule has 4 nitrogen and oxygen atoms in total. The zero-order valence-corrected chi connectivity index (χ0v) is 9.59. The minimum absolute atomic E-state index is 0.642. The summed E-state index contributed by atoms with van der Waals surface area (Å²) in [5.74, 6) is 1.48. The molecule has 4 heteroatoms. The standard InChI is InChI=1S/C11H17NO3/c1-8-5-10(13-2)11(14-3)6-9(8)7-12-15-4/h5-6,12H,7H2,1-4H3. The van der Waals surface area contributed by atoms with Crippen molar-refractivity contribution in [2.45, 2.75) is 13.5 Å². The molecule has 84 valence electrons. The molecule has 0 bridgehead atoms. The van der Waals surface area contributed by atoms with Gasteiger partial charge in [-0.15, -0.1) is 0 Å². The van der Waals surface area contributed by atoms with Crippen molar-refractivity contribution in [3.05, 3.63) is 23.3 Å². The van der Waals surface area contributed by atoms with Crippen LogP contribution in [0.25, 0.3) is 0 Å². The third-order valence-electron chi connectivity index (χ3n) is 2.25. The van der Waals surface area contributed by atoms with Gasteiger partial charge in [0.2, 0.25) is 0 Å². The highest BCUT2D eigenvalue weighted by Crippen LogP contribution is 2.30. The Morgan fingerprint density at radius 3 is 2.20 bits per heavy atom. The van der Waals surface area contributed by atoms with E-state index >= 15 is 0 Å². The van der Waals surface area contributed by atoms with Crippen LogP contribution in [0.4, 0.5) is 0 Å². The van der Waals surface area contributed by atoms with Gasteiger partial charge in [0.25, 0.3) is 0 Å². The molecule has 0 fully saturated rings. The van der Waals surface area contributed by atoms with Gasteiger partial charge in [-0.2, -0.15) is 5.48 Å². The Balaban J connectivity index is 2.97. The van der Waals surface area contributed by atoms with E-state index in [1.54, 1.807) is 21.3 Å². The van der Waals surface area contributed by atoms with Crippen molar-refractivity contribution >= 4 is 0 Å². The zero-order valence-electron chi connectivity index (χ0n) is 9.59. The maximum Gasteiger partial charge on any atom is 0.161 e. The lowest BCUT2D eigenvalue weighted by Crippen LogP contribution is -2.12. The van der Waals surface area contributed by atoms with E-state index in [0.717, 1.165) is 22.6 Å². The van der Waals surface area contributed by atoms with Crippen LogP contribution < -0.4 is 15.0 Å². The number of aryl methyl sites for hydroxylation is 1. The molecule has 0 amide bonds. The number of methoxy groups -OCH3 is 2. The van der Waals surface area contributed by atoms with Crippen molar-refractivity contribution in [2.75, 3.05) is 21.3 Å². The first-order chi connectivity index (χ1) is 7.22. The van der Waals surface area contributed by atoms with Gasteiger partial charge in [0.05, 0.1) is 21.3 Å². The lowest BCUT2D eigenvalue weighted by molar-refractivity contribution is 0.0865. The fraction of sp³-hybridized carbons (Fsp3) is 0.455. The lowest BCUT2D eigenvalue weighted by atomic mass is 10.1. The summed E-state index contributed by atoms with van der Waals surface area (Å²) in [4.78, 5) is 4.81. The van der Waals surface area contributed by atoms with Crippen LogP contribution in [0.5, 0.6) is 11.5 Å². The Hall–Kier alpha value is -1.26. The second-order valence-electron chi connectivity index (χ2n) is 3.16. The van der Waals surface area contributed by atoms with Crippen LogP contribution in [0.2, 0.25) is 0 Å². The van der Waals surface area contributed by atoms with Crippen LogP contribution in [-0.2, 0) is 11.4 Å². The van der Waals surface area contributed by atoms with Crippen LogP contribution in [0.3, 0.4) is 0 Å². The number of nitrogens with one attached hydrogen (secondary N) is 1. The van der Waals surface area contributed by atoms with Crippen molar-refractivity contribution < 1.29 is 14.3 Å². The summed E-state index contributed by atoms with van der Waals surface area (Å²) in [6.45, 7) is 2.66. The zero-order chi connectivity index (χ0) is 11.3. The highest BCUT2D eigenvalue weighted by molar-refractivity contribution is 5.46. The molecule has 1 N–H and O–H groups in total. The molecular formula is C11H17NO3. The Labute approximate surface area is 90.1 Å². The van der Waals surface area contributed by atoms with Gasteiger partial charge in [-0.25, -0.2) is 0 Å².